The van der Waals surface area contributed by atoms with E-state index in [0.717, 1.165) is 27.3 Å². The van der Waals surface area contributed by atoms with Gasteiger partial charge in [0.1, 0.15) is 5.75 Å². The number of anilines is 1. The third-order valence-corrected chi connectivity index (χ3v) is 7.69. The van der Waals surface area contributed by atoms with Crippen LogP contribution in [-0.4, -0.2) is 33.5 Å². The van der Waals surface area contributed by atoms with E-state index in [0.29, 0.717) is 4.91 Å². The molecular weight excluding hydrogens is 469 g/mol. The first-order chi connectivity index (χ1) is 15.6. The number of para-hydroxylation sites is 1. The van der Waals surface area contributed by atoms with Crippen molar-refractivity contribution in [1.29, 1.82) is 0 Å². The summed E-state index contributed by atoms with van der Waals surface area (Å²) in [5, 5.41) is 11.0. The summed E-state index contributed by atoms with van der Waals surface area (Å²) in [6.07, 6.45) is 1.78. The number of carbonyl (C=O) groups excluding carboxylic acids is 1. The van der Waals surface area contributed by atoms with E-state index in [1.54, 1.807) is 4.90 Å². The van der Waals surface area contributed by atoms with E-state index in [2.05, 4.69) is 0 Å². The SMILES string of the molecule is CC(C)(C)c1cc(/C=C2\Sc3ccccc3N(CCCP(=O)(O)O)C2=O)cc(C(C)(C)C)c1O. The second-order valence-electron chi connectivity index (χ2n) is 10.7. The van der Waals surface area contributed by atoms with Crippen molar-refractivity contribution in [3.8, 4) is 5.75 Å². The Labute approximate surface area is 206 Å². The maximum Gasteiger partial charge on any atom is 0.325 e. The molecule has 1 heterocycles. The monoisotopic (exact) mass is 503 g/mol. The summed E-state index contributed by atoms with van der Waals surface area (Å²) in [6, 6.07) is 11.4. The topological polar surface area (TPSA) is 98.1 Å². The second kappa shape index (κ2) is 9.54. The van der Waals surface area contributed by atoms with E-state index in [1.165, 1.54) is 11.8 Å². The van der Waals surface area contributed by atoms with Crippen LogP contribution in [-0.2, 0) is 20.2 Å². The zero-order chi connectivity index (χ0) is 25.5. The van der Waals surface area contributed by atoms with Gasteiger partial charge in [-0.25, -0.2) is 0 Å². The van der Waals surface area contributed by atoms with Gasteiger partial charge in [-0.3, -0.25) is 9.36 Å². The van der Waals surface area contributed by atoms with E-state index in [4.69, 9.17) is 0 Å². The first-order valence-electron chi connectivity index (χ1n) is 11.3. The number of thioether (sulfide) groups is 1. The lowest BCUT2D eigenvalue weighted by atomic mass is 9.78. The molecule has 3 rings (SSSR count). The van der Waals surface area contributed by atoms with Crippen molar-refractivity contribution in [2.75, 3.05) is 17.6 Å². The number of hydrogen-bond acceptors (Lipinski definition) is 4. The van der Waals surface area contributed by atoms with Crippen LogP contribution in [0.5, 0.6) is 5.75 Å². The predicted octanol–water partition coefficient (Wildman–Crippen LogP) is 6.03. The lowest BCUT2D eigenvalue weighted by molar-refractivity contribution is -0.114. The third-order valence-electron chi connectivity index (χ3n) is 5.71. The Morgan fingerprint density at radius 3 is 2.09 bits per heavy atom. The summed E-state index contributed by atoms with van der Waals surface area (Å²) in [5.41, 5.74) is 2.64. The normalized spacial score (nSPS) is 16.2. The van der Waals surface area contributed by atoms with Crippen LogP contribution in [0.4, 0.5) is 5.69 Å². The molecule has 0 atom stereocenters. The summed E-state index contributed by atoms with van der Waals surface area (Å²) in [4.78, 5) is 35.0. The first-order valence-corrected chi connectivity index (χ1v) is 13.9. The van der Waals surface area contributed by atoms with E-state index >= 15 is 0 Å². The van der Waals surface area contributed by atoms with Gasteiger partial charge in [-0.2, -0.15) is 0 Å². The molecule has 1 amide bonds. The fraction of sp³-hybridized carbons (Fsp3) is 0.423. The minimum absolute atomic E-state index is 0.197. The molecule has 184 valence electrons. The molecule has 8 heteroatoms. The minimum atomic E-state index is -4.14. The van der Waals surface area contributed by atoms with Crippen molar-refractivity contribution in [3.63, 3.8) is 0 Å². The highest BCUT2D eigenvalue weighted by Gasteiger charge is 2.30. The Morgan fingerprint density at radius 2 is 1.56 bits per heavy atom. The summed E-state index contributed by atoms with van der Waals surface area (Å²) in [6.45, 7) is 12.5. The number of carbonyl (C=O) groups is 1. The summed E-state index contributed by atoms with van der Waals surface area (Å²) in [7, 11) is -4.14. The Hall–Kier alpha value is -2.05. The quantitative estimate of drug-likeness (QED) is 0.340. The van der Waals surface area contributed by atoms with E-state index in [9.17, 15) is 24.3 Å². The number of phenolic OH excluding ortho intramolecular Hbond substituents is 1. The largest absolute Gasteiger partial charge is 0.507 e. The van der Waals surface area contributed by atoms with Gasteiger partial charge in [0.2, 0.25) is 0 Å². The number of nitrogens with zero attached hydrogens (tertiary/aromatic N) is 1. The van der Waals surface area contributed by atoms with Crippen LogP contribution in [0.3, 0.4) is 0 Å². The van der Waals surface area contributed by atoms with Gasteiger partial charge in [0.25, 0.3) is 5.91 Å². The molecular formula is C26H34NO5PS. The zero-order valence-electron chi connectivity index (χ0n) is 20.6. The maximum atomic E-state index is 13.5. The molecule has 0 spiro atoms. The second-order valence-corrected chi connectivity index (χ2v) is 13.6. The van der Waals surface area contributed by atoms with Crippen molar-refractivity contribution in [3.05, 3.63) is 58.0 Å². The molecule has 0 saturated carbocycles. The van der Waals surface area contributed by atoms with Crippen LogP contribution in [0.25, 0.3) is 6.08 Å². The van der Waals surface area contributed by atoms with Crippen LogP contribution in [0, 0.1) is 0 Å². The maximum absolute atomic E-state index is 13.5. The molecule has 1 aliphatic heterocycles. The predicted molar refractivity (Wildman–Crippen MR) is 140 cm³/mol. The molecule has 3 N–H and O–H groups in total. The van der Waals surface area contributed by atoms with Gasteiger partial charge in [-0.05, 0) is 53.2 Å². The molecule has 2 aromatic carbocycles. The fourth-order valence-electron chi connectivity index (χ4n) is 3.95. The lowest BCUT2D eigenvalue weighted by Crippen LogP contribution is -2.35. The fourth-order valence-corrected chi connectivity index (χ4v) is 5.57. The Kier molecular flexibility index (Phi) is 7.45. The molecule has 2 aromatic rings. The molecule has 34 heavy (non-hydrogen) atoms. The molecule has 0 bridgehead atoms. The van der Waals surface area contributed by atoms with Gasteiger partial charge in [0.05, 0.1) is 16.8 Å². The van der Waals surface area contributed by atoms with E-state index < -0.39 is 7.60 Å². The number of amides is 1. The lowest BCUT2D eigenvalue weighted by Gasteiger charge is -2.31. The highest BCUT2D eigenvalue weighted by atomic mass is 32.2. The van der Waals surface area contributed by atoms with Crippen molar-refractivity contribution in [2.24, 2.45) is 0 Å². The molecule has 0 fully saturated rings. The molecule has 0 saturated heterocycles. The van der Waals surface area contributed by atoms with Crippen LogP contribution < -0.4 is 4.90 Å². The molecule has 6 nitrogen and oxygen atoms in total. The Bertz CT molecular complexity index is 1140. The van der Waals surface area contributed by atoms with Gasteiger partial charge >= 0.3 is 7.60 Å². The van der Waals surface area contributed by atoms with Crippen molar-refractivity contribution >= 4 is 37.0 Å². The third kappa shape index (κ3) is 6.14. The molecule has 0 aromatic heterocycles. The Morgan fingerprint density at radius 1 is 1.00 bits per heavy atom. The van der Waals surface area contributed by atoms with Crippen molar-refractivity contribution in [2.45, 2.75) is 63.7 Å². The number of hydrogen-bond donors (Lipinski definition) is 3. The number of rotatable bonds is 5. The summed E-state index contributed by atoms with van der Waals surface area (Å²) >= 11 is 1.39. The van der Waals surface area contributed by atoms with E-state index in [-0.39, 0.29) is 41.6 Å². The highest BCUT2D eigenvalue weighted by molar-refractivity contribution is 8.04. The summed E-state index contributed by atoms with van der Waals surface area (Å²) < 4.78 is 11.3. The standard InChI is InChI=1S/C26H34NO5PS/c1-25(2,3)18-14-17(15-19(23(18)28)26(4,5)6)16-22-24(29)27(12-9-13-33(30,31)32)20-10-7-8-11-21(20)34-22/h7-8,10-11,14-16,28H,9,12-13H2,1-6H3,(H2,30,31,32)/b22-16-. The molecule has 0 unspecified atom stereocenters. The Balaban J connectivity index is 2.07. The van der Waals surface area contributed by atoms with Gasteiger partial charge in [-0.15, -0.1) is 0 Å². The number of phenols is 1. The van der Waals surface area contributed by atoms with Gasteiger partial charge in [0, 0.05) is 22.6 Å². The molecule has 0 radical (unpaired) electrons. The van der Waals surface area contributed by atoms with Gasteiger partial charge < -0.3 is 19.8 Å². The first kappa shape index (κ1) is 26.6. The summed E-state index contributed by atoms with van der Waals surface area (Å²) in [5.74, 6) is 0.0892. The molecule has 0 aliphatic carbocycles. The minimum Gasteiger partial charge on any atom is -0.507 e. The van der Waals surface area contributed by atoms with Crippen LogP contribution in [0.2, 0.25) is 0 Å². The van der Waals surface area contributed by atoms with E-state index in [1.807, 2.05) is 84.0 Å². The van der Waals surface area contributed by atoms with Crippen LogP contribution in [0.1, 0.15) is 64.7 Å². The number of aromatic hydroxyl groups is 1. The van der Waals surface area contributed by atoms with Crippen molar-refractivity contribution < 1.29 is 24.3 Å². The van der Waals surface area contributed by atoms with Gasteiger partial charge in [-0.1, -0.05) is 65.4 Å². The average Bonchev–Trinajstić information content (AvgIpc) is 2.69. The number of benzene rings is 2. The van der Waals surface area contributed by atoms with Crippen LogP contribution in [0.15, 0.2) is 46.2 Å². The van der Waals surface area contributed by atoms with Crippen molar-refractivity contribution in [1.82, 2.24) is 0 Å². The smallest absolute Gasteiger partial charge is 0.325 e. The highest BCUT2D eigenvalue weighted by Crippen LogP contribution is 2.44. The van der Waals surface area contributed by atoms with Gasteiger partial charge in [0.15, 0.2) is 0 Å². The van der Waals surface area contributed by atoms with Crippen LogP contribution >= 0.6 is 19.4 Å². The number of fused-ring (bicyclic) bond motifs is 1. The average molecular weight is 504 g/mol. The molecule has 1 aliphatic rings. The zero-order valence-corrected chi connectivity index (χ0v) is 22.3.